The molecule has 1 aliphatic rings. The number of aliphatic hydroxyl groups is 1. The topological polar surface area (TPSA) is 66.3 Å². The van der Waals surface area contributed by atoms with E-state index in [1.807, 2.05) is 0 Å². The van der Waals surface area contributed by atoms with Gasteiger partial charge in [0.1, 0.15) is 5.69 Å². The number of rotatable bonds is 2. The van der Waals surface area contributed by atoms with Crippen molar-refractivity contribution >= 4 is 17.5 Å². The van der Waals surface area contributed by atoms with Crippen molar-refractivity contribution < 1.29 is 9.90 Å². The summed E-state index contributed by atoms with van der Waals surface area (Å²) in [6.07, 6.45) is 1.33. The number of carbonyl (C=O) groups is 1. The van der Waals surface area contributed by atoms with Gasteiger partial charge in [-0.05, 0) is 50.3 Å². The predicted octanol–water partition coefficient (Wildman–Crippen LogP) is 1.67. The second-order valence-electron chi connectivity index (χ2n) is 5.03. The van der Waals surface area contributed by atoms with E-state index in [1.165, 1.54) is 0 Å². The molecular weight excluding hydrogens is 266 g/mol. The third-order valence-corrected chi connectivity index (χ3v) is 3.72. The van der Waals surface area contributed by atoms with Gasteiger partial charge in [0.05, 0.1) is 6.10 Å². The van der Waals surface area contributed by atoms with Crippen LogP contribution in [-0.2, 0) is 0 Å². The Labute approximate surface area is 117 Å². The Morgan fingerprint density at radius 3 is 2.63 bits per heavy atom. The third-order valence-electron chi connectivity index (χ3n) is 3.56. The smallest absolute Gasteiger partial charge is 0.272 e. The van der Waals surface area contributed by atoms with E-state index in [-0.39, 0.29) is 23.2 Å². The predicted molar refractivity (Wildman–Crippen MR) is 72.1 cm³/mol. The van der Waals surface area contributed by atoms with Gasteiger partial charge in [-0.25, -0.2) is 9.97 Å². The Hall–Kier alpha value is -1.20. The van der Waals surface area contributed by atoms with Gasteiger partial charge in [-0.15, -0.1) is 0 Å². The number of amides is 1. The zero-order valence-electron chi connectivity index (χ0n) is 11.1. The second kappa shape index (κ2) is 5.84. The first kappa shape index (κ1) is 14.2. The highest BCUT2D eigenvalue weighted by atomic mass is 35.5. The van der Waals surface area contributed by atoms with Crippen molar-refractivity contribution in [3.8, 4) is 0 Å². The SMILES string of the molecule is Cc1cc(C(=O)N2CCC(C(C)O)CC2)nc(Cl)n1. The minimum absolute atomic E-state index is 0.0993. The number of halogens is 1. The van der Waals surface area contributed by atoms with Gasteiger partial charge >= 0.3 is 0 Å². The number of likely N-dealkylation sites (tertiary alicyclic amines) is 1. The van der Waals surface area contributed by atoms with E-state index in [4.69, 9.17) is 11.6 Å². The van der Waals surface area contributed by atoms with E-state index >= 15 is 0 Å². The van der Waals surface area contributed by atoms with Crippen LogP contribution in [0.4, 0.5) is 0 Å². The summed E-state index contributed by atoms with van der Waals surface area (Å²) in [5.74, 6) is 0.163. The van der Waals surface area contributed by atoms with Gasteiger partial charge in [-0.2, -0.15) is 0 Å². The molecule has 104 valence electrons. The molecular formula is C13H18ClN3O2. The molecule has 2 rings (SSSR count). The molecule has 5 nitrogen and oxygen atoms in total. The minimum atomic E-state index is -0.312. The van der Waals surface area contributed by atoms with Crippen LogP contribution in [0.3, 0.4) is 0 Å². The number of piperidine rings is 1. The van der Waals surface area contributed by atoms with Crippen molar-refractivity contribution in [2.24, 2.45) is 5.92 Å². The van der Waals surface area contributed by atoms with Crippen LogP contribution in [0.2, 0.25) is 5.28 Å². The number of aromatic nitrogens is 2. The Kier molecular flexibility index (Phi) is 4.37. The molecule has 1 aromatic rings. The molecule has 0 saturated carbocycles. The third kappa shape index (κ3) is 3.42. The lowest BCUT2D eigenvalue weighted by Gasteiger charge is -2.33. The Morgan fingerprint density at radius 1 is 1.47 bits per heavy atom. The van der Waals surface area contributed by atoms with Crippen LogP contribution in [0.15, 0.2) is 6.07 Å². The molecule has 1 atom stereocenters. The van der Waals surface area contributed by atoms with E-state index < -0.39 is 0 Å². The normalized spacial score (nSPS) is 18.4. The quantitative estimate of drug-likeness (QED) is 0.839. The molecule has 1 amide bonds. The fourth-order valence-electron chi connectivity index (χ4n) is 2.39. The summed E-state index contributed by atoms with van der Waals surface area (Å²) in [6, 6.07) is 1.65. The largest absolute Gasteiger partial charge is 0.393 e. The number of hydrogen-bond acceptors (Lipinski definition) is 4. The number of carbonyl (C=O) groups excluding carboxylic acids is 1. The molecule has 1 N–H and O–H groups in total. The van der Waals surface area contributed by atoms with Crippen LogP contribution in [-0.4, -0.2) is 45.1 Å². The van der Waals surface area contributed by atoms with Crippen molar-refractivity contribution in [3.05, 3.63) is 22.7 Å². The Balaban J connectivity index is 2.05. The summed E-state index contributed by atoms with van der Waals surface area (Å²) in [7, 11) is 0. The Morgan fingerprint density at radius 2 is 2.11 bits per heavy atom. The molecule has 0 aliphatic carbocycles. The molecule has 0 aromatic carbocycles. The van der Waals surface area contributed by atoms with Crippen LogP contribution < -0.4 is 0 Å². The van der Waals surface area contributed by atoms with Crippen molar-refractivity contribution in [1.82, 2.24) is 14.9 Å². The van der Waals surface area contributed by atoms with E-state index in [0.29, 0.717) is 24.5 Å². The van der Waals surface area contributed by atoms with Crippen molar-refractivity contribution in [1.29, 1.82) is 0 Å². The molecule has 6 heteroatoms. The zero-order chi connectivity index (χ0) is 14.0. The molecule has 0 radical (unpaired) electrons. The lowest BCUT2D eigenvalue weighted by Crippen LogP contribution is -2.41. The fourth-order valence-corrected chi connectivity index (χ4v) is 2.61. The molecule has 2 heterocycles. The number of aliphatic hydroxyl groups excluding tert-OH is 1. The average Bonchev–Trinajstić information content (AvgIpc) is 2.37. The van der Waals surface area contributed by atoms with Gasteiger partial charge in [0.2, 0.25) is 5.28 Å². The fraction of sp³-hybridized carbons (Fsp3) is 0.615. The molecule has 0 bridgehead atoms. The summed E-state index contributed by atoms with van der Waals surface area (Å²) in [6.45, 7) is 4.88. The van der Waals surface area contributed by atoms with E-state index in [9.17, 15) is 9.90 Å². The maximum absolute atomic E-state index is 12.3. The highest BCUT2D eigenvalue weighted by Gasteiger charge is 2.26. The number of hydrogen-bond donors (Lipinski definition) is 1. The lowest BCUT2D eigenvalue weighted by molar-refractivity contribution is 0.0517. The molecule has 0 spiro atoms. The van der Waals surface area contributed by atoms with Crippen molar-refractivity contribution in [2.75, 3.05) is 13.1 Å². The maximum atomic E-state index is 12.3. The molecule has 1 aliphatic heterocycles. The summed E-state index contributed by atoms with van der Waals surface area (Å²) in [5, 5.41) is 9.65. The molecule has 1 unspecified atom stereocenters. The van der Waals surface area contributed by atoms with Gasteiger partial charge in [0.25, 0.3) is 5.91 Å². The van der Waals surface area contributed by atoms with E-state index in [2.05, 4.69) is 9.97 Å². The summed E-state index contributed by atoms with van der Waals surface area (Å²) < 4.78 is 0. The first-order valence-electron chi connectivity index (χ1n) is 6.46. The van der Waals surface area contributed by atoms with Crippen LogP contribution in [0, 0.1) is 12.8 Å². The summed E-state index contributed by atoms with van der Waals surface area (Å²) in [5.41, 5.74) is 1.02. The Bertz CT molecular complexity index is 451. The minimum Gasteiger partial charge on any atom is -0.393 e. The molecule has 19 heavy (non-hydrogen) atoms. The van der Waals surface area contributed by atoms with Gasteiger partial charge in [-0.1, -0.05) is 0 Å². The first-order chi connectivity index (χ1) is 8.97. The molecule has 1 fully saturated rings. The summed E-state index contributed by atoms with van der Waals surface area (Å²) >= 11 is 5.77. The second-order valence-corrected chi connectivity index (χ2v) is 5.37. The van der Waals surface area contributed by atoms with Crippen molar-refractivity contribution in [3.63, 3.8) is 0 Å². The van der Waals surface area contributed by atoms with Crippen LogP contribution in [0.1, 0.15) is 35.9 Å². The van der Waals surface area contributed by atoms with Gasteiger partial charge in [-0.3, -0.25) is 4.79 Å². The van der Waals surface area contributed by atoms with Crippen molar-refractivity contribution in [2.45, 2.75) is 32.8 Å². The van der Waals surface area contributed by atoms with Gasteiger partial charge in [0, 0.05) is 18.8 Å². The maximum Gasteiger partial charge on any atom is 0.272 e. The zero-order valence-corrected chi connectivity index (χ0v) is 11.9. The highest BCUT2D eigenvalue weighted by molar-refractivity contribution is 6.28. The van der Waals surface area contributed by atoms with Crippen LogP contribution in [0.5, 0.6) is 0 Å². The van der Waals surface area contributed by atoms with Crippen LogP contribution in [0.25, 0.3) is 0 Å². The van der Waals surface area contributed by atoms with Gasteiger partial charge in [0.15, 0.2) is 0 Å². The molecule has 1 aromatic heterocycles. The standard InChI is InChI=1S/C13H18ClN3O2/c1-8-7-11(16-13(14)15-8)12(19)17-5-3-10(4-6-17)9(2)18/h7,9-10,18H,3-6H2,1-2H3. The van der Waals surface area contributed by atoms with Gasteiger partial charge < -0.3 is 10.0 Å². The number of nitrogens with zero attached hydrogens (tertiary/aromatic N) is 3. The summed E-state index contributed by atoms with van der Waals surface area (Å²) in [4.78, 5) is 22.0. The van der Waals surface area contributed by atoms with Crippen LogP contribution >= 0.6 is 11.6 Å². The average molecular weight is 284 g/mol. The van der Waals surface area contributed by atoms with E-state index in [0.717, 1.165) is 12.8 Å². The monoisotopic (exact) mass is 283 g/mol. The number of aryl methyl sites for hydroxylation is 1. The highest BCUT2D eigenvalue weighted by Crippen LogP contribution is 2.21. The molecule has 1 saturated heterocycles. The lowest BCUT2D eigenvalue weighted by atomic mass is 9.92. The first-order valence-corrected chi connectivity index (χ1v) is 6.83. The van der Waals surface area contributed by atoms with E-state index in [1.54, 1.807) is 24.8 Å².